The molecule has 18 heavy (non-hydrogen) atoms. The fraction of sp³-hybridized carbons (Fsp3) is 0.467. The predicted molar refractivity (Wildman–Crippen MR) is 80.6 cm³/mol. The summed E-state index contributed by atoms with van der Waals surface area (Å²) in [6.45, 7) is 4.34. The lowest BCUT2D eigenvalue weighted by atomic mass is 9.87. The molecule has 1 aromatic rings. The Morgan fingerprint density at radius 1 is 1.28 bits per heavy atom. The third-order valence-electron chi connectivity index (χ3n) is 4.00. The van der Waals surface area contributed by atoms with Gasteiger partial charge >= 0.3 is 0 Å². The van der Waals surface area contributed by atoms with E-state index in [2.05, 4.69) is 43.4 Å². The van der Waals surface area contributed by atoms with Gasteiger partial charge in [-0.05, 0) is 62.7 Å². The van der Waals surface area contributed by atoms with Gasteiger partial charge in [-0.25, -0.2) is 0 Å². The third-order valence-corrected chi connectivity index (χ3v) is 4.00. The van der Waals surface area contributed by atoms with Crippen LogP contribution in [0, 0.1) is 6.92 Å². The van der Waals surface area contributed by atoms with E-state index < -0.39 is 0 Å². The molecule has 1 heterocycles. The summed E-state index contributed by atoms with van der Waals surface area (Å²) in [5.41, 5.74) is 9.21. The molecule has 94 valence electrons. The molecule has 0 spiro atoms. The Balaban J connectivity index is 1.78. The van der Waals surface area contributed by atoms with Crippen molar-refractivity contribution in [1.29, 1.82) is 0 Å². The summed E-state index contributed by atoms with van der Waals surface area (Å²) >= 11 is 0. The molecule has 2 aliphatic rings. The Hall–Kier alpha value is -1.22. The highest BCUT2D eigenvalue weighted by atomic mass is 15.1. The van der Waals surface area contributed by atoms with Gasteiger partial charge in [0.05, 0.1) is 0 Å². The minimum Gasteiger partial charge on any atom is -0.384 e. The molecule has 3 heteroatoms. The molecule has 1 N–H and O–H groups in total. The maximum absolute atomic E-state index is 3.54. The van der Waals surface area contributed by atoms with Crippen LogP contribution in [0.1, 0.15) is 23.1 Å². The number of rotatable bonds is 4. The van der Waals surface area contributed by atoms with Gasteiger partial charge in [-0.1, -0.05) is 5.47 Å². The van der Waals surface area contributed by atoms with Gasteiger partial charge in [0.15, 0.2) is 7.28 Å². The summed E-state index contributed by atoms with van der Waals surface area (Å²) in [4.78, 5) is 2.21. The SMILES string of the molecule is Cc1cc(NCCN(C)C)cc2c1C1=C(B1)CC2. The van der Waals surface area contributed by atoms with Crippen LogP contribution in [0.5, 0.6) is 0 Å². The van der Waals surface area contributed by atoms with Crippen LogP contribution < -0.4 is 5.32 Å². The van der Waals surface area contributed by atoms with Crippen molar-refractivity contribution in [2.45, 2.75) is 19.8 Å². The molecule has 0 fully saturated rings. The Kier molecular flexibility index (Phi) is 2.94. The van der Waals surface area contributed by atoms with Crippen LogP contribution in [0.2, 0.25) is 0 Å². The van der Waals surface area contributed by atoms with Gasteiger partial charge in [-0.2, -0.15) is 0 Å². The number of hydrogen-bond acceptors (Lipinski definition) is 2. The summed E-state index contributed by atoms with van der Waals surface area (Å²) in [5.74, 6) is 0. The van der Waals surface area contributed by atoms with Crippen molar-refractivity contribution in [1.82, 2.24) is 4.90 Å². The Morgan fingerprint density at radius 3 is 2.89 bits per heavy atom. The molecule has 0 saturated carbocycles. The number of aryl methyl sites for hydroxylation is 2. The number of anilines is 1. The minimum absolute atomic E-state index is 1.01. The van der Waals surface area contributed by atoms with E-state index in [9.17, 15) is 0 Å². The van der Waals surface area contributed by atoms with E-state index in [1.54, 1.807) is 22.1 Å². The van der Waals surface area contributed by atoms with Crippen LogP contribution in [0.3, 0.4) is 0 Å². The van der Waals surface area contributed by atoms with E-state index in [-0.39, 0.29) is 0 Å². The van der Waals surface area contributed by atoms with Gasteiger partial charge in [-0.3, -0.25) is 0 Å². The normalized spacial score (nSPS) is 16.2. The van der Waals surface area contributed by atoms with Gasteiger partial charge in [0.25, 0.3) is 0 Å². The lowest BCUT2D eigenvalue weighted by Crippen LogP contribution is -2.20. The molecule has 2 nitrogen and oxygen atoms in total. The van der Waals surface area contributed by atoms with Crippen molar-refractivity contribution in [3.05, 3.63) is 34.3 Å². The highest BCUT2D eigenvalue weighted by molar-refractivity contribution is 6.83. The van der Waals surface area contributed by atoms with E-state index in [0.717, 1.165) is 13.1 Å². The van der Waals surface area contributed by atoms with Gasteiger partial charge in [0, 0.05) is 18.8 Å². The molecule has 0 bridgehead atoms. The van der Waals surface area contributed by atoms with Crippen molar-refractivity contribution < 1.29 is 0 Å². The first-order chi connectivity index (χ1) is 8.65. The molecule has 0 radical (unpaired) electrons. The van der Waals surface area contributed by atoms with E-state index in [1.807, 2.05) is 0 Å². The molecule has 0 aromatic heterocycles. The Morgan fingerprint density at radius 2 is 2.11 bits per heavy atom. The number of likely N-dealkylation sites (N-methyl/N-ethyl adjacent to an activating group) is 1. The third kappa shape index (κ3) is 2.19. The molecular weight excluding hydrogens is 219 g/mol. The minimum atomic E-state index is 1.01. The van der Waals surface area contributed by atoms with Gasteiger partial charge in [-0.15, -0.1) is 5.47 Å². The average molecular weight is 240 g/mol. The molecule has 0 saturated heterocycles. The largest absolute Gasteiger partial charge is 0.384 e. The van der Waals surface area contributed by atoms with Crippen molar-refractivity contribution in [3.63, 3.8) is 0 Å². The molecule has 0 amide bonds. The fourth-order valence-electron chi connectivity index (χ4n) is 2.97. The van der Waals surface area contributed by atoms with Crippen molar-refractivity contribution in [2.75, 3.05) is 32.5 Å². The summed E-state index contributed by atoms with van der Waals surface area (Å²) in [7, 11) is 5.50. The molecule has 0 unspecified atom stereocenters. The second-order valence-electron chi connectivity index (χ2n) is 5.82. The lowest BCUT2D eigenvalue weighted by molar-refractivity contribution is 0.425. The number of nitrogens with zero attached hydrogens (tertiary/aromatic N) is 1. The smallest absolute Gasteiger partial charge is 0.186 e. The molecule has 1 aromatic carbocycles. The summed E-state index contributed by atoms with van der Waals surface area (Å²) in [5, 5.41) is 3.54. The first-order valence-corrected chi connectivity index (χ1v) is 6.88. The second-order valence-corrected chi connectivity index (χ2v) is 5.82. The summed E-state index contributed by atoms with van der Waals surface area (Å²) in [6.07, 6.45) is 2.53. The van der Waals surface area contributed by atoms with Gasteiger partial charge in [0.2, 0.25) is 0 Å². The van der Waals surface area contributed by atoms with Crippen LogP contribution in [0.15, 0.2) is 17.6 Å². The highest BCUT2D eigenvalue weighted by Gasteiger charge is 2.31. The van der Waals surface area contributed by atoms with Crippen molar-refractivity contribution in [3.8, 4) is 0 Å². The van der Waals surface area contributed by atoms with E-state index in [4.69, 9.17) is 0 Å². The molecule has 0 atom stereocenters. The monoisotopic (exact) mass is 240 g/mol. The summed E-state index contributed by atoms with van der Waals surface area (Å²) < 4.78 is 0. The Bertz CT molecular complexity index is 517. The number of benzene rings is 1. The van der Waals surface area contributed by atoms with Gasteiger partial charge < -0.3 is 10.2 Å². The van der Waals surface area contributed by atoms with Crippen molar-refractivity contribution >= 4 is 18.4 Å². The predicted octanol–water partition coefficient (Wildman–Crippen LogP) is 2.03. The summed E-state index contributed by atoms with van der Waals surface area (Å²) in [6, 6.07) is 4.67. The number of allylic oxidation sites excluding steroid dienone is 1. The standard InChI is InChI=1S/C15H21BN2/c1-10-8-12(17-6-7-18(2)3)9-11-4-5-13-15(16-13)14(10)11/h8-9,16-17H,4-7H2,1-3H3. The van der Waals surface area contributed by atoms with Crippen LogP contribution in [-0.2, 0) is 6.42 Å². The molecule has 1 aliphatic carbocycles. The Labute approximate surface area is 110 Å². The van der Waals surface area contributed by atoms with Crippen LogP contribution in [-0.4, -0.2) is 39.4 Å². The first-order valence-electron chi connectivity index (χ1n) is 6.88. The lowest BCUT2D eigenvalue weighted by Gasteiger charge is -2.17. The molecular formula is C15H21BN2. The quantitative estimate of drug-likeness (QED) is 0.810. The maximum Gasteiger partial charge on any atom is 0.186 e. The van der Waals surface area contributed by atoms with E-state index in [1.165, 1.54) is 31.4 Å². The van der Waals surface area contributed by atoms with Crippen LogP contribution >= 0.6 is 0 Å². The fourth-order valence-corrected chi connectivity index (χ4v) is 2.97. The van der Waals surface area contributed by atoms with Crippen molar-refractivity contribution in [2.24, 2.45) is 0 Å². The number of nitrogens with one attached hydrogen (secondary N) is 1. The second kappa shape index (κ2) is 4.47. The van der Waals surface area contributed by atoms with Gasteiger partial charge in [0.1, 0.15) is 0 Å². The molecule has 1 aliphatic heterocycles. The number of hydrogen-bond donors (Lipinski definition) is 1. The van der Waals surface area contributed by atoms with E-state index >= 15 is 0 Å². The zero-order valence-corrected chi connectivity index (χ0v) is 11.6. The van der Waals surface area contributed by atoms with Crippen LogP contribution in [0.25, 0.3) is 5.47 Å². The topological polar surface area (TPSA) is 15.3 Å². The van der Waals surface area contributed by atoms with Crippen LogP contribution in [0.4, 0.5) is 5.69 Å². The zero-order chi connectivity index (χ0) is 12.7. The number of fused-ring (bicyclic) bond motifs is 2. The molecule has 3 rings (SSSR count). The van der Waals surface area contributed by atoms with E-state index in [0.29, 0.717) is 0 Å². The maximum atomic E-state index is 3.54. The highest BCUT2D eigenvalue weighted by Crippen LogP contribution is 2.43. The zero-order valence-electron chi connectivity index (χ0n) is 11.6. The first kappa shape index (κ1) is 11.9. The average Bonchev–Trinajstić information content (AvgIpc) is 3.06.